The molecule has 7 nitrogen and oxygen atoms in total. The molecule has 4 fully saturated rings. The maximum absolute atomic E-state index is 12.4. The molecule has 0 saturated heterocycles. The minimum absolute atomic E-state index is 0.233. The van der Waals surface area contributed by atoms with E-state index in [1.165, 1.54) is 25.3 Å². The molecular formula is C20H27N2O5P. The van der Waals surface area contributed by atoms with Gasteiger partial charge in [0.15, 0.2) is 0 Å². The van der Waals surface area contributed by atoms with Crippen LogP contribution < -0.4 is 15.5 Å². The molecule has 5 rings (SSSR count). The van der Waals surface area contributed by atoms with Crippen LogP contribution >= 0.6 is 7.75 Å². The predicted molar refractivity (Wildman–Crippen MR) is 104 cm³/mol. The molecule has 28 heavy (non-hydrogen) atoms. The van der Waals surface area contributed by atoms with Crippen molar-refractivity contribution in [2.45, 2.75) is 50.2 Å². The molecule has 0 heterocycles. The number of carbonyl (C=O) groups is 1. The zero-order valence-corrected chi connectivity index (χ0v) is 16.7. The molecular weight excluding hydrogens is 379 g/mol. The van der Waals surface area contributed by atoms with Crippen LogP contribution in [0.25, 0.3) is 0 Å². The number of carbonyl (C=O) groups excluding carboxylic acids is 1. The summed E-state index contributed by atoms with van der Waals surface area (Å²) in [6.45, 7) is 3.65. The van der Waals surface area contributed by atoms with Crippen LogP contribution in [0.3, 0.4) is 0 Å². The van der Waals surface area contributed by atoms with Gasteiger partial charge in [0.05, 0.1) is 5.60 Å². The van der Waals surface area contributed by atoms with Gasteiger partial charge in [-0.15, -0.1) is 6.58 Å². The van der Waals surface area contributed by atoms with E-state index in [2.05, 4.69) is 12.1 Å². The quantitative estimate of drug-likeness (QED) is 0.386. The van der Waals surface area contributed by atoms with Crippen LogP contribution in [0.5, 0.6) is 5.75 Å². The van der Waals surface area contributed by atoms with E-state index >= 15 is 0 Å². The van der Waals surface area contributed by atoms with E-state index in [4.69, 9.17) is 19.4 Å². The average molecular weight is 406 g/mol. The highest BCUT2D eigenvalue weighted by Gasteiger charge is 2.52. The molecule has 152 valence electrons. The van der Waals surface area contributed by atoms with Crippen LogP contribution in [0.1, 0.15) is 38.5 Å². The minimum atomic E-state index is -4.11. The average Bonchev–Trinajstić information content (AvgIpc) is 2.61. The van der Waals surface area contributed by atoms with Gasteiger partial charge in [-0.25, -0.2) is 14.9 Å². The lowest BCUT2D eigenvalue weighted by molar-refractivity contribution is -0.202. The van der Waals surface area contributed by atoms with Gasteiger partial charge in [0, 0.05) is 0 Å². The van der Waals surface area contributed by atoms with Gasteiger partial charge < -0.3 is 9.05 Å². The Hall–Kier alpha value is -1.66. The van der Waals surface area contributed by atoms with E-state index in [9.17, 15) is 9.36 Å². The van der Waals surface area contributed by atoms with Gasteiger partial charge in [0.25, 0.3) is 0 Å². The Morgan fingerprint density at radius 1 is 1.18 bits per heavy atom. The fourth-order valence-electron chi connectivity index (χ4n) is 5.37. The van der Waals surface area contributed by atoms with Crippen molar-refractivity contribution in [3.63, 3.8) is 0 Å². The summed E-state index contributed by atoms with van der Waals surface area (Å²) in [6, 6.07) is 7.35. The number of para-hydroxylation sites is 1. The number of benzene rings is 1. The molecule has 0 radical (unpaired) electrons. The lowest BCUT2D eigenvalue weighted by atomic mass is 9.54. The first-order valence-corrected chi connectivity index (χ1v) is 11.4. The van der Waals surface area contributed by atoms with Crippen molar-refractivity contribution in [2.75, 3.05) is 0 Å². The predicted octanol–water partition coefficient (Wildman–Crippen LogP) is 3.72. The monoisotopic (exact) mass is 406 g/mol. The maximum Gasteiger partial charge on any atom is 0.512 e. The van der Waals surface area contributed by atoms with E-state index < -0.39 is 19.8 Å². The zero-order valence-electron chi connectivity index (χ0n) is 15.8. The summed E-state index contributed by atoms with van der Waals surface area (Å²) in [7, 11) is -4.11. The number of rotatable bonds is 8. The second-order valence-corrected chi connectivity index (χ2v) is 9.83. The second-order valence-electron chi connectivity index (χ2n) is 8.39. The van der Waals surface area contributed by atoms with E-state index in [1.807, 2.05) is 0 Å². The van der Waals surface area contributed by atoms with Crippen LogP contribution in [0.2, 0.25) is 0 Å². The minimum Gasteiger partial charge on any atom is -0.405 e. The van der Waals surface area contributed by atoms with Gasteiger partial charge >= 0.3 is 13.7 Å². The van der Waals surface area contributed by atoms with Crippen molar-refractivity contribution >= 4 is 13.7 Å². The number of nitrogens with two attached hydrogens (primary N) is 1. The standard InChI is InChI=1S/C20H27N2O5P/c1-2-18(19(23)26-28(21,24)25-17-6-4-3-5-7-17)22-27-20-11-14-8-15(12-20)10-16(9-14)13-20/h2-7,14-16,18,22H,1,8-13H2,(H2,21,24)/t14?,15?,16?,18-,20?,28?/m0/s1. The summed E-state index contributed by atoms with van der Waals surface area (Å²) in [6.07, 6.45) is 8.27. The van der Waals surface area contributed by atoms with Crippen molar-refractivity contribution < 1.29 is 23.2 Å². The highest BCUT2D eigenvalue weighted by molar-refractivity contribution is 7.52. The molecule has 2 atom stereocenters. The normalized spacial score (nSPS) is 33.7. The smallest absolute Gasteiger partial charge is 0.405 e. The lowest BCUT2D eigenvalue weighted by Gasteiger charge is -2.55. The molecule has 0 amide bonds. The van der Waals surface area contributed by atoms with Crippen LogP contribution in [0.4, 0.5) is 0 Å². The van der Waals surface area contributed by atoms with Crippen LogP contribution in [0, 0.1) is 17.8 Å². The number of hydrogen-bond acceptors (Lipinski definition) is 6. The molecule has 8 heteroatoms. The first-order valence-electron chi connectivity index (χ1n) is 9.79. The summed E-state index contributed by atoms with van der Waals surface area (Å²) in [5, 5.41) is 0. The third-order valence-corrected chi connectivity index (χ3v) is 6.97. The molecule has 1 unspecified atom stereocenters. The molecule has 1 aromatic rings. The zero-order chi connectivity index (χ0) is 19.8. The molecule has 4 saturated carbocycles. The molecule has 4 aliphatic carbocycles. The molecule has 4 aliphatic rings. The van der Waals surface area contributed by atoms with Crippen molar-refractivity contribution in [3.05, 3.63) is 43.0 Å². The Bertz CT molecular complexity index is 749. The summed E-state index contributed by atoms with van der Waals surface area (Å²) in [4.78, 5) is 18.5. The second kappa shape index (κ2) is 7.64. The Kier molecular flexibility index (Phi) is 5.36. The van der Waals surface area contributed by atoms with Crippen LogP contribution in [0.15, 0.2) is 43.0 Å². The number of hydroxylamine groups is 1. The molecule has 0 spiro atoms. The van der Waals surface area contributed by atoms with Gasteiger partial charge in [0.1, 0.15) is 11.8 Å². The van der Waals surface area contributed by atoms with Crippen molar-refractivity contribution in [1.82, 2.24) is 5.48 Å². The van der Waals surface area contributed by atoms with Crippen LogP contribution in [-0.2, 0) is 18.7 Å². The van der Waals surface area contributed by atoms with Gasteiger partial charge in [-0.2, -0.15) is 5.48 Å². The van der Waals surface area contributed by atoms with E-state index in [1.54, 1.807) is 30.3 Å². The molecule has 0 aliphatic heterocycles. The first-order chi connectivity index (χ1) is 13.4. The molecule has 0 aromatic heterocycles. The Labute approximate surface area is 165 Å². The Morgan fingerprint density at radius 2 is 1.75 bits per heavy atom. The van der Waals surface area contributed by atoms with E-state index in [0.29, 0.717) is 17.8 Å². The van der Waals surface area contributed by atoms with E-state index in [0.717, 1.165) is 19.3 Å². The number of nitrogens with one attached hydrogen (secondary N) is 1. The summed E-state index contributed by atoms with van der Waals surface area (Å²) >= 11 is 0. The van der Waals surface area contributed by atoms with E-state index in [-0.39, 0.29) is 11.4 Å². The van der Waals surface area contributed by atoms with Gasteiger partial charge in [-0.3, -0.25) is 4.84 Å². The van der Waals surface area contributed by atoms with Gasteiger partial charge in [0.2, 0.25) is 0 Å². The van der Waals surface area contributed by atoms with Crippen LogP contribution in [-0.4, -0.2) is 17.6 Å². The van der Waals surface area contributed by atoms with Crippen molar-refractivity contribution in [1.29, 1.82) is 0 Å². The lowest BCUT2D eigenvalue weighted by Crippen LogP contribution is -2.55. The SMILES string of the molecule is C=C[C@H](NOC12CC3CC(CC(C3)C1)C2)C(=O)OP(N)(=O)Oc1ccccc1. The fourth-order valence-corrected chi connectivity index (χ4v) is 6.18. The third-order valence-electron chi connectivity index (χ3n) is 6.07. The molecule has 3 N–H and O–H groups in total. The Morgan fingerprint density at radius 3 is 2.29 bits per heavy atom. The highest BCUT2D eigenvalue weighted by Crippen LogP contribution is 2.56. The van der Waals surface area contributed by atoms with Gasteiger partial charge in [-0.05, 0) is 68.4 Å². The highest BCUT2D eigenvalue weighted by atomic mass is 31.2. The molecule has 4 bridgehead atoms. The Balaban J connectivity index is 1.34. The first kappa shape index (κ1) is 19.6. The summed E-state index contributed by atoms with van der Waals surface area (Å²) in [5.41, 5.74) is 8.13. The van der Waals surface area contributed by atoms with Crippen molar-refractivity contribution in [3.8, 4) is 5.75 Å². The van der Waals surface area contributed by atoms with Gasteiger partial charge in [-0.1, -0.05) is 24.3 Å². The molecule has 1 aromatic carbocycles. The summed E-state index contributed by atoms with van der Waals surface area (Å²) < 4.78 is 22.4. The number of hydrogen-bond donors (Lipinski definition) is 2. The van der Waals surface area contributed by atoms with Crippen molar-refractivity contribution in [2.24, 2.45) is 23.3 Å². The topological polar surface area (TPSA) is 99.9 Å². The summed E-state index contributed by atoms with van der Waals surface area (Å²) in [5.74, 6) is 1.55. The fraction of sp³-hybridized carbons (Fsp3) is 0.550. The third kappa shape index (κ3) is 4.33. The maximum atomic E-state index is 12.4. The largest absolute Gasteiger partial charge is 0.512 e.